The fourth-order valence-electron chi connectivity index (χ4n) is 0.927. The Kier molecular flexibility index (Phi) is 2.46. The average molecular weight is 124 g/mol. The van der Waals surface area contributed by atoms with Crippen LogP contribution in [0.4, 0.5) is 0 Å². The summed E-state index contributed by atoms with van der Waals surface area (Å²) in [5.74, 6) is 0.611. The van der Waals surface area contributed by atoms with Crippen molar-refractivity contribution >= 4 is 6.21 Å². The predicted molar refractivity (Wildman–Crippen MR) is 39.7 cm³/mol. The number of hydrogen-bond donors (Lipinski definition) is 1. The first-order valence-corrected chi connectivity index (χ1v) is 3.26. The molecule has 0 aromatic rings. The highest BCUT2D eigenvalue weighted by Gasteiger charge is 2.02. The summed E-state index contributed by atoms with van der Waals surface area (Å²) in [6.07, 6.45) is 7.08. The van der Waals surface area contributed by atoms with E-state index in [9.17, 15) is 0 Å². The Morgan fingerprint density at radius 1 is 1.78 bits per heavy atom. The third kappa shape index (κ3) is 1.98. The highest BCUT2D eigenvalue weighted by atomic mass is 14.8. The van der Waals surface area contributed by atoms with Crippen LogP contribution in [-0.2, 0) is 0 Å². The number of hydrogen-bond acceptors (Lipinski definition) is 2. The van der Waals surface area contributed by atoms with Crippen LogP contribution in [0.5, 0.6) is 0 Å². The molecule has 9 heavy (non-hydrogen) atoms. The fourth-order valence-corrected chi connectivity index (χ4v) is 0.927. The van der Waals surface area contributed by atoms with E-state index < -0.39 is 0 Å². The van der Waals surface area contributed by atoms with Crippen molar-refractivity contribution in [3.05, 3.63) is 12.3 Å². The lowest BCUT2D eigenvalue weighted by atomic mass is 10.1. The molecular weight excluding hydrogens is 112 g/mol. The molecule has 0 aromatic carbocycles. The van der Waals surface area contributed by atoms with Gasteiger partial charge < -0.3 is 5.32 Å². The lowest BCUT2D eigenvalue weighted by Gasteiger charge is -2.09. The molecule has 0 bridgehead atoms. The minimum Gasteiger partial charge on any atom is -0.319 e. The van der Waals surface area contributed by atoms with Gasteiger partial charge in [-0.25, -0.2) is 0 Å². The largest absolute Gasteiger partial charge is 0.319 e. The van der Waals surface area contributed by atoms with Crippen LogP contribution in [0, 0.1) is 5.92 Å². The van der Waals surface area contributed by atoms with Gasteiger partial charge in [-0.05, 0) is 13.5 Å². The zero-order chi connectivity index (χ0) is 6.53. The first kappa shape index (κ1) is 6.49. The van der Waals surface area contributed by atoms with Gasteiger partial charge in [-0.2, -0.15) is 0 Å². The van der Waals surface area contributed by atoms with Crippen molar-refractivity contribution in [1.29, 1.82) is 0 Å². The van der Waals surface area contributed by atoms with Crippen LogP contribution in [0.25, 0.3) is 0 Å². The summed E-state index contributed by atoms with van der Waals surface area (Å²) in [5, 5.41) is 3.11. The van der Waals surface area contributed by atoms with Crippen molar-refractivity contribution in [2.24, 2.45) is 10.9 Å². The van der Waals surface area contributed by atoms with Gasteiger partial charge in [-0.1, -0.05) is 6.08 Å². The molecule has 1 aliphatic heterocycles. The molecule has 2 heteroatoms. The second kappa shape index (κ2) is 3.41. The van der Waals surface area contributed by atoms with Crippen molar-refractivity contribution in [3.8, 4) is 0 Å². The van der Waals surface area contributed by atoms with E-state index in [-0.39, 0.29) is 0 Å². The molecule has 1 atom stereocenters. The van der Waals surface area contributed by atoms with Crippen LogP contribution >= 0.6 is 0 Å². The van der Waals surface area contributed by atoms with Crippen LogP contribution in [0.15, 0.2) is 17.3 Å². The molecular formula is C7H12N2. The van der Waals surface area contributed by atoms with Gasteiger partial charge in [-0.3, -0.25) is 4.99 Å². The number of aliphatic imine (C=N–C) groups is 1. The molecule has 1 unspecified atom stereocenters. The Hall–Kier alpha value is -0.630. The van der Waals surface area contributed by atoms with Crippen LogP contribution in [0.3, 0.4) is 0 Å². The van der Waals surface area contributed by atoms with Crippen LogP contribution in [0.1, 0.15) is 6.42 Å². The second-order valence-electron chi connectivity index (χ2n) is 2.24. The average Bonchev–Trinajstić information content (AvgIpc) is 1.91. The van der Waals surface area contributed by atoms with Gasteiger partial charge in [-0.15, -0.1) is 0 Å². The molecule has 0 amide bonds. The van der Waals surface area contributed by atoms with Gasteiger partial charge >= 0.3 is 0 Å². The van der Waals surface area contributed by atoms with E-state index in [1.165, 1.54) is 0 Å². The van der Waals surface area contributed by atoms with Gasteiger partial charge in [0.05, 0.1) is 0 Å². The number of nitrogens with one attached hydrogen (secondary N) is 1. The van der Waals surface area contributed by atoms with Crippen molar-refractivity contribution in [1.82, 2.24) is 5.32 Å². The highest BCUT2D eigenvalue weighted by molar-refractivity contribution is 5.63. The summed E-state index contributed by atoms with van der Waals surface area (Å²) in [6.45, 7) is 1.04. The van der Waals surface area contributed by atoms with E-state index in [1.54, 1.807) is 0 Å². The van der Waals surface area contributed by atoms with Gasteiger partial charge in [0.15, 0.2) is 0 Å². The number of allylic oxidation sites excluding steroid dienone is 1. The summed E-state index contributed by atoms with van der Waals surface area (Å²) >= 11 is 0. The van der Waals surface area contributed by atoms with Crippen LogP contribution in [0.2, 0.25) is 0 Å². The topological polar surface area (TPSA) is 24.4 Å². The van der Waals surface area contributed by atoms with E-state index in [2.05, 4.69) is 16.4 Å². The zero-order valence-electron chi connectivity index (χ0n) is 5.67. The summed E-state index contributed by atoms with van der Waals surface area (Å²) in [5.41, 5.74) is 0. The quantitative estimate of drug-likeness (QED) is 0.578. The maximum Gasteiger partial charge on any atom is 0.0224 e. The van der Waals surface area contributed by atoms with E-state index in [0.29, 0.717) is 5.92 Å². The van der Waals surface area contributed by atoms with E-state index in [0.717, 1.165) is 13.0 Å². The van der Waals surface area contributed by atoms with Gasteiger partial charge in [0.1, 0.15) is 0 Å². The molecule has 0 saturated carbocycles. The SMILES string of the molecule is CNCC1C=NC=CC1. The minimum absolute atomic E-state index is 0.611. The Bertz CT molecular complexity index is 127. The lowest BCUT2D eigenvalue weighted by molar-refractivity contribution is 0.641. The normalized spacial score (nSPS) is 24.8. The highest BCUT2D eigenvalue weighted by Crippen LogP contribution is 2.03. The second-order valence-corrected chi connectivity index (χ2v) is 2.24. The molecule has 0 fully saturated rings. The van der Waals surface area contributed by atoms with E-state index in [1.807, 2.05) is 19.5 Å². The molecule has 0 radical (unpaired) electrons. The molecule has 0 aliphatic carbocycles. The molecule has 2 nitrogen and oxygen atoms in total. The van der Waals surface area contributed by atoms with Gasteiger partial charge in [0.25, 0.3) is 0 Å². The van der Waals surface area contributed by atoms with Crippen LogP contribution in [-0.4, -0.2) is 19.8 Å². The molecule has 0 spiro atoms. The summed E-state index contributed by atoms with van der Waals surface area (Å²) in [7, 11) is 1.96. The van der Waals surface area contributed by atoms with Gasteiger partial charge in [0.2, 0.25) is 0 Å². The standard InChI is InChI=1S/C7H12N2/c1-8-5-7-3-2-4-9-6-7/h2,4,6-8H,3,5H2,1H3. The first-order valence-electron chi connectivity index (χ1n) is 3.26. The van der Waals surface area contributed by atoms with Crippen LogP contribution < -0.4 is 5.32 Å². The maximum absolute atomic E-state index is 4.03. The summed E-state index contributed by atoms with van der Waals surface area (Å²) < 4.78 is 0. The summed E-state index contributed by atoms with van der Waals surface area (Å²) in [4.78, 5) is 4.03. The van der Waals surface area contributed by atoms with Crippen molar-refractivity contribution in [3.63, 3.8) is 0 Å². The lowest BCUT2D eigenvalue weighted by Crippen LogP contribution is -2.20. The minimum atomic E-state index is 0.611. The molecule has 0 aromatic heterocycles. The molecule has 1 rings (SSSR count). The van der Waals surface area contributed by atoms with E-state index in [4.69, 9.17) is 0 Å². The molecule has 1 aliphatic rings. The predicted octanol–water partition coefficient (Wildman–Crippen LogP) is 0.810. The summed E-state index contributed by atoms with van der Waals surface area (Å²) in [6, 6.07) is 0. The monoisotopic (exact) mass is 124 g/mol. The third-order valence-corrected chi connectivity index (χ3v) is 1.39. The Balaban J connectivity index is 2.28. The van der Waals surface area contributed by atoms with Crippen molar-refractivity contribution < 1.29 is 0 Å². The van der Waals surface area contributed by atoms with Crippen molar-refractivity contribution in [2.45, 2.75) is 6.42 Å². The third-order valence-electron chi connectivity index (χ3n) is 1.39. The smallest absolute Gasteiger partial charge is 0.0224 e. The molecule has 1 heterocycles. The van der Waals surface area contributed by atoms with E-state index >= 15 is 0 Å². The van der Waals surface area contributed by atoms with Crippen molar-refractivity contribution in [2.75, 3.05) is 13.6 Å². The molecule has 0 saturated heterocycles. The maximum atomic E-state index is 4.03. The number of nitrogens with zero attached hydrogens (tertiary/aromatic N) is 1. The molecule has 1 N–H and O–H groups in total. The number of rotatable bonds is 2. The Morgan fingerprint density at radius 2 is 2.67 bits per heavy atom. The fraction of sp³-hybridized carbons (Fsp3) is 0.571. The molecule has 50 valence electrons. The Labute approximate surface area is 55.7 Å². The Morgan fingerprint density at radius 3 is 3.22 bits per heavy atom. The van der Waals surface area contributed by atoms with Gasteiger partial charge in [0, 0.05) is 24.9 Å². The zero-order valence-corrected chi connectivity index (χ0v) is 5.67. The first-order chi connectivity index (χ1) is 4.43.